The molecule has 0 radical (unpaired) electrons. The van der Waals surface area contributed by atoms with Crippen LogP contribution in [0, 0.1) is 5.92 Å². The lowest BCUT2D eigenvalue weighted by molar-refractivity contribution is 0.0952. The first-order valence-electron chi connectivity index (χ1n) is 8.49. The van der Waals surface area contributed by atoms with E-state index in [0.717, 1.165) is 40.8 Å². The lowest BCUT2D eigenvalue weighted by Gasteiger charge is -2.21. The molecule has 116 valence electrons. The van der Waals surface area contributed by atoms with Crippen LogP contribution < -0.4 is 10.8 Å². The van der Waals surface area contributed by atoms with Crippen LogP contribution in [0.3, 0.4) is 0 Å². The monoisotopic (exact) mass is 296 g/mol. The summed E-state index contributed by atoms with van der Waals surface area (Å²) in [6, 6.07) is 6.19. The van der Waals surface area contributed by atoms with E-state index in [-0.39, 0.29) is 5.91 Å². The summed E-state index contributed by atoms with van der Waals surface area (Å²) in [5.74, 6) is 0.874. The number of benzene rings is 1. The van der Waals surface area contributed by atoms with Gasteiger partial charge in [0.25, 0.3) is 5.91 Å². The van der Waals surface area contributed by atoms with Crippen LogP contribution in [-0.2, 0) is 7.05 Å². The summed E-state index contributed by atoms with van der Waals surface area (Å²) in [5, 5.41) is 4.21. The molecule has 1 aliphatic rings. The molecule has 4 heteroatoms. The first-order chi connectivity index (χ1) is 10.7. The van der Waals surface area contributed by atoms with Crippen LogP contribution in [0.2, 0.25) is 0 Å². The van der Waals surface area contributed by atoms with Crippen molar-refractivity contribution in [1.82, 2.24) is 9.88 Å². The Hall–Kier alpha value is -1.71. The third kappa shape index (κ3) is 3.06. The maximum atomic E-state index is 12.5. The third-order valence-electron chi connectivity index (χ3n) is 5.03. The molecule has 1 fully saturated rings. The fraction of sp³-hybridized carbons (Fsp3) is 0.500. The molecule has 1 aromatic heterocycles. The van der Waals surface area contributed by atoms with E-state index >= 15 is 0 Å². The zero-order valence-electron chi connectivity index (χ0n) is 13.7. The predicted octanol–water partition coefficient (Wildman–Crippen LogP) is 2.14. The van der Waals surface area contributed by atoms with Crippen molar-refractivity contribution in [3.63, 3.8) is 0 Å². The Labute approximate surface area is 133 Å². The molecule has 0 aliphatic heterocycles. The number of carbonyl (C=O) groups is 1. The zero-order chi connectivity index (χ0) is 15.5. The van der Waals surface area contributed by atoms with Crippen molar-refractivity contribution >= 4 is 30.1 Å². The van der Waals surface area contributed by atoms with E-state index in [2.05, 4.69) is 25.3 Å². The molecule has 0 atom stereocenters. The van der Waals surface area contributed by atoms with Gasteiger partial charge in [-0.1, -0.05) is 49.7 Å². The Morgan fingerprint density at radius 1 is 1.32 bits per heavy atom. The Morgan fingerprint density at radius 2 is 2.09 bits per heavy atom. The summed E-state index contributed by atoms with van der Waals surface area (Å²) in [5.41, 5.74) is 3.09. The zero-order valence-corrected chi connectivity index (χ0v) is 13.7. The molecule has 1 aliphatic carbocycles. The fourth-order valence-electron chi connectivity index (χ4n) is 3.76. The van der Waals surface area contributed by atoms with Crippen LogP contribution in [0.15, 0.2) is 24.4 Å². The number of aryl methyl sites for hydroxylation is 1. The summed E-state index contributed by atoms with van der Waals surface area (Å²) >= 11 is 0. The molecular formula is C18H25BN2O. The quantitative estimate of drug-likeness (QED) is 0.862. The minimum absolute atomic E-state index is 0.0655. The molecule has 22 heavy (non-hydrogen) atoms. The molecule has 1 amide bonds. The average Bonchev–Trinajstić information content (AvgIpc) is 2.87. The summed E-state index contributed by atoms with van der Waals surface area (Å²) in [7, 11) is 4.07. The Kier molecular flexibility index (Phi) is 4.56. The predicted molar refractivity (Wildman–Crippen MR) is 94.6 cm³/mol. The Morgan fingerprint density at radius 3 is 2.86 bits per heavy atom. The van der Waals surface area contributed by atoms with E-state index in [4.69, 9.17) is 0 Å². The normalized spacial score (nSPS) is 16.0. The number of fused-ring (bicyclic) bond motifs is 1. The van der Waals surface area contributed by atoms with Gasteiger partial charge in [0.1, 0.15) is 7.85 Å². The second-order valence-electron chi connectivity index (χ2n) is 6.67. The maximum absolute atomic E-state index is 12.5. The van der Waals surface area contributed by atoms with Crippen LogP contribution in [0.5, 0.6) is 0 Å². The number of rotatable bonds is 4. The first-order valence-corrected chi connectivity index (χ1v) is 8.49. The van der Waals surface area contributed by atoms with Gasteiger partial charge in [0, 0.05) is 30.7 Å². The van der Waals surface area contributed by atoms with Gasteiger partial charge in [-0.05, 0) is 18.4 Å². The second kappa shape index (κ2) is 6.59. The molecule has 0 saturated heterocycles. The smallest absolute Gasteiger partial charge is 0.253 e. The summed E-state index contributed by atoms with van der Waals surface area (Å²) in [6.45, 7) is 0.797. The van der Waals surface area contributed by atoms with Gasteiger partial charge in [-0.25, -0.2) is 0 Å². The van der Waals surface area contributed by atoms with Crippen molar-refractivity contribution in [2.45, 2.75) is 38.5 Å². The van der Waals surface area contributed by atoms with Gasteiger partial charge < -0.3 is 9.88 Å². The van der Waals surface area contributed by atoms with E-state index in [1.165, 1.54) is 32.1 Å². The molecule has 0 unspecified atom stereocenters. The highest BCUT2D eigenvalue weighted by molar-refractivity contribution is 6.40. The van der Waals surface area contributed by atoms with E-state index in [1.807, 2.05) is 23.9 Å². The molecule has 1 N–H and O–H groups in total. The van der Waals surface area contributed by atoms with E-state index < -0.39 is 0 Å². The molecule has 1 heterocycles. The molecule has 1 aromatic carbocycles. The highest BCUT2D eigenvalue weighted by Gasteiger charge is 2.17. The van der Waals surface area contributed by atoms with E-state index in [0.29, 0.717) is 0 Å². The fourth-order valence-corrected chi connectivity index (χ4v) is 3.76. The summed E-state index contributed by atoms with van der Waals surface area (Å²) in [4.78, 5) is 12.5. The number of nitrogens with one attached hydrogen (secondary N) is 1. The highest BCUT2D eigenvalue weighted by Crippen LogP contribution is 2.26. The molecule has 3 rings (SSSR count). The van der Waals surface area contributed by atoms with Crippen LogP contribution in [0.4, 0.5) is 0 Å². The van der Waals surface area contributed by atoms with Crippen molar-refractivity contribution in [1.29, 1.82) is 0 Å². The number of amides is 1. The molecule has 0 spiro atoms. The molecule has 2 aromatic rings. The van der Waals surface area contributed by atoms with Gasteiger partial charge in [-0.2, -0.15) is 0 Å². The Bertz CT molecular complexity index is 671. The minimum atomic E-state index is 0.0655. The van der Waals surface area contributed by atoms with Gasteiger partial charge in [-0.3, -0.25) is 4.79 Å². The van der Waals surface area contributed by atoms with Crippen LogP contribution in [0.1, 0.15) is 48.9 Å². The largest absolute Gasteiger partial charge is 0.352 e. The van der Waals surface area contributed by atoms with Gasteiger partial charge >= 0.3 is 0 Å². The molecule has 0 bridgehead atoms. The average molecular weight is 296 g/mol. The summed E-state index contributed by atoms with van der Waals surface area (Å²) in [6.07, 6.45) is 9.86. The Balaban J connectivity index is 1.67. The van der Waals surface area contributed by atoms with Gasteiger partial charge in [0.2, 0.25) is 0 Å². The van der Waals surface area contributed by atoms with Gasteiger partial charge in [-0.15, -0.1) is 0 Å². The van der Waals surface area contributed by atoms with Crippen LogP contribution in [0.25, 0.3) is 10.9 Å². The van der Waals surface area contributed by atoms with Crippen LogP contribution >= 0.6 is 0 Å². The first kappa shape index (κ1) is 15.2. The minimum Gasteiger partial charge on any atom is -0.352 e. The number of hydrogen-bond acceptors (Lipinski definition) is 1. The number of hydrogen-bond donors (Lipinski definition) is 1. The number of nitrogens with zero attached hydrogens (tertiary/aromatic N) is 1. The lowest BCUT2D eigenvalue weighted by atomic mass is 9.87. The number of aromatic nitrogens is 1. The van der Waals surface area contributed by atoms with Crippen molar-refractivity contribution in [3.8, 4) is 0 Å². The topological polar surface area (TPSA) is 34.0 Å². The van der Waals surface area contributed by atoms with Crippen molar-refractivity contribution in [3.05, 3.63) is 30.0 Å². The van der Waals surface area contributed by atoms with Crippen LogP contribution in [-0.4, -0.2) is 24.9 Å². The highest BCUT2D eigenvalue weighted by atomic mass is 16.1. The number of carbonyl (C=O) groups excluding carboxylic acids is 1. The van der Waals surface area contributed by atoms with E-state index in [9.17, 15) is 4.79 Å². The molecule has 1 saturated carbocycles. The molecular weight excluding hydrogens is 271 g/mol. The van der Waals surface area contributed by atoms with Gasteiger partial charge in [0.15, 0.2) is 0 Å². The van der Waals surface area contributed by atoms with Crippen molar-refractivity contribution in [2.75, 3.05) is 6.54 Å². The molecule has 3 nitrogen and oxygen atoms in total. The van der Waals surface area contributed by atoms with Crippen molar-refractivity contribution < 1.29 is 4.79 Å². The van der Waals surface area contributed by atoms with E-state index in [1.54, 1.807) is 0 Å². The lowest BCUT2D eigenvalue weighted by Crippen LogP contribution is -2.27. The third-order valence-corrected chi connectivity index (χ3v) is 5.03. The SMILES string of the molecule is Bc1cccc2c1c(C(=O)NCCC1CCCCC1)cn2C. The second-order valence-corrected chi connectivity index (χ2v) is 6.67. The summed E-state index contributed by atoms with van der Waals surface area (Å²) < 4.78 is 2.04. The van der Waals surface area contributed by atoms with Gasteiger partial charge in [0.05, 0.1) is 5.56 Å². The van der Waals surface area contributed by atoms with Crippen molar-refractivity contribution in [2.24, 2.45) is 13.0 Å². The standard InChI is InChI=1S/C18H25BN2O/c1-21-12-14(17-15(19)8-5-9-16(17)21)18(22)20-11-10-13-6-3-2-4-7-13/h5,8-9,12-13H,2-4,6-7,10-11,19H2,1H3,(H,20,22). The maximum Gasteiger partial charge on any atom is 0.253 e.